The maximum atomic E-state index is 12.6. The zero-order chi connectivity index (χ0) is 17.5. The van der Waals surface area contributed by atoms with Crippen molar-refractivity contribution in [2.45, 2.75) is 6.54 Å². The topological polar surface area (TPSA) is 53.4 Å². The standard InChI is InChI=1S/C21H20N2O2/c24-13-12-23(16-17-6-2-1-3-7-17)21(25)11-10-19-15-22-14-18-8-4-5-9-20(18)19/h1-11,14-15,24H,12-13,16H2. The van der Waals surface area contributed by atoms with Crippen LogP contribution >= 0.6 is 0 Å². The van der Waals surface area contributed by atoms with Gasteiger partial charge in [-0.3, -0.25) is 9.78 Å². The molecule has 0 aliphatic rings. The van der Waals surface area contributed by atoms with Crippen LogP contribution in [0.2, 0.25) is 0 Å². The third kappa shape index (κ3) is 4.31. The first kappa shape index (κ1) is 16.9. The molecule has 3 rings (SSSR count). The van der Waals surface area contributed by atoms with Crippen molar-refractivity contribution >= 4 is 22.8 Å². The molecule has 0 atom stereocenters. The van der Waals surface area contributed by atoms with Gasteiger partial charge in [0, 0.05) is 42.5 Å². The van der Waals surface area contributed by atoms with Crippen LogP contribution in [0.15, 0.2) is 73.1 Å². The number of carbonyl (C=O) groups excluding carboxylic acids is 1. The van der Waals surface area contributed by atoms with Crippen LogP contribution in [0.1, 0.15) is 11.1 Å². The second-order valence-corrected chi connectivity index (χ2v) is 5.75. The molecule has 0 unspecified atom stereocenters. The van der Waals surface area contributed by atoms with Gasteiger partial charge in [0.05, 0.1) is 6.61 Å². The highest BCUT2D eigenvalue weighted by Crippen LogP contribution is 2.18. The first-order valence-electron chi connectivity index (χ1n) is 8.22. The van der Waals surface area contributed by atoms with Crippen molar-refractivity contribution < 1.29 is 9.90 Å². The number of fused-ring (bicyclic) bond motifs is 1. The summed E-state index contributed by atoms with van der Waals surface area (Å²) in [4.78, 5) is 18.4. The summed E-state index contributed by atoms with van der Waals surface area (Å²) >= 11 is 0. The van der Waals surface area contributed by atoms with Crippen LogP contribution in [-0.2, 0) is 11.3 Å². The first-order valence-corrected chi connectivity index (χ1v) is 8.22. The first-order chi connectivity index (χ1) is 12.3. The predicted molar refractivity (Wildman–Crippen MR) is 99.7 cm³/mol. The second kappa shape index (κ2) is 8.22. The molecule has 1 amide bonds. The van der Waals surface area contributed by atoms with Gasteiger partial charge in [-0.2, -0.15) is 0 Å². The van der Waals surface area contributed by atoms with Crippen molar-refractivity contribution in [3.63, 3.8) is 0 Å². The van der Waals surface area contributed by atoms with Crippen LogP contribution in [0.4, 0.5) is 0 Å². The lowest BCUT2D eigenvalue weighted by Gasteiger charge is -2.20. The molecule has 1 aromatic heterocycles. The SMILES string of the molecule is O=C(C=Cc1cncc2ccccc12)N(CCO)Cc1ccccc1. The van der Waals surface area contributed by atoms with E-state index in [-0.39, 0.29) is 12.5 Å². The van der Waals surface area contributed by atoms with E-state index in [4.69, 9.17) is 0 Å². The summed E-state index contributed by atoms with van der Waals surface area (Å²) in [6, 6.07) is 17.7. The Kier molecular flexibility index (Phi) is 5.54. The molecule has 2 aromatic carbocycles. The van der Waals surface area contributed by atoms with E-state index in [1.54, 1.807) is 23.2 Å². The van der Waals surface area contributed by atoms with Crippen LogP contribution < -0.4 is 0 Å². The van der Waals surface area contributed by atoms with Gasteiger partial charge in [-0.15, -0.1) is 0 Å². The van der Waals surface area contributed by atoms with Crippen molar-refractivity contribution in [1.29, 1.82) is 0 Å². The second-order valence-electron chi connectivity index (χ2n) is 5.75. The molecular weight excluding hydrogens is 312 g/mol. The average molecular weight is 332 g/mol. The molecule has 25 heavy (non-hydrogen) atoms. The Balaban J connectivity index is 1.79. The Morgan fingerprint density at radius 2 is 1.80 bits per heavy atom. The number of pyridine rings is 1. The molecule has 0 aliphatic heterocycles. The van der Waals surface area contributed by atoms with Crippen molar-refractivity contribution in [1.82, 2.24) is 9.88 Å². The molecule has 1 heterocycles. The molecule has 0 fully saturated rings. The Labute approximate surface area is 147 Å². The lowest BCUT2D eigenvalue weighted by molar-refractivity contribution is -0.127. The summed E-state index contributed by atoms with van der Waals surface area (Å²) in [5.41, 5.74) is 1.93. The largest absolute Gasteiger partial charge is 0.395 e. The molecule has 0 bridgehead atoms. The van der Waals surface area contributed by atoms with Crippen LogP contribution in [0.25, 0.3) is 16.8 Å². The van der Waals surface area contributed by atoms with E-state index in [1.807, 2.05) is 60.8 Å². The Morgan fingerprint density at radius 3 is 2.60 bits per heavy atom. The highest BCUT2D eigenvalue weighted by molar-refractivity contribution is 5.96. The van der Waals surface area contributed by atoms with E-state index >= 15 is 0 Å². The molecule has 4 heteroatoms. The fourth-order valence-corrected chi connectivity index (χ4v) is 2.73. The number of aromatic nitrogens is 1. The highest BCUT2D eigenvalue weighted by Gasteiger charge is 2.10. The van der Waals surface area contributed by atoms with Crippen LogP contribution in [0.5, 0.6) is 0 Å². The lowest BCUT2D eigenvalue weighted by Crippen LogP contribution is -2.31. The van der Waals surface area contributed by atoms with E-state index in [0.29, 0.717) is 13.1 Å². The Hall–Kier alpha value is -2.98. The minimum absolute atomic E-state index is 0.0672. The smallest absolute Gasteiger partial charge is 0.246 e. The normalized spacial score (nSPS) is 11.1. The summed E-state index contributed by atoms with van der Waals surface area (Å²) in [5.74, 6) is -0.133. The third-order valence-corrected chi connectivity index (χ3v) is 4.00. The predicted octanol–water partition coefficient (Wildman–Crippen LogP) is 3.27. The van der Waals surface area contributed by atoms with Gasteiger partial charge in [0.2, 0.25) is 5.91 Å². The maximum Gasteiger partial charge on any atom is 0.246 e. The van der Waals surface area contributed by atoms with Gasteiger partial charge in [0.1, 0.15) is 0 Å². The number of hydrogen-bond donors (Lipinski definition) is 1. The fraction of sp³-hybridized carbons (Fsp3) is 0.143. The number of aliphatic hydroxyl groups excluding tert-OH is 1. The number of nitrogens with zero attached hydrogens (tertiary/aromatic N) is 2. The van der Waals surface area contributed by atoms with Gasteiger partial charge in [-0.25, -0.2) is 0 Å². The summed E-state index contributed by atoms with van der Waals surface area (Å²) in [7, 11) is 0. The van der Waals surface area contributed by atoms with E-state index < -0.39 is 0 Å². The maximum absolute atomic E-state index is 12.6. The molecule has 3 aromatic rings. The van der Waals surface area contributed by atoms with E-state index in [1.165, 1.54) is 0 Å². The van der Waals surface area contributed by atoms with Gasteiger partial charge in [0.15, 0.2) is 0 Å². The number of carbonyl (C=O) groups is 1. The summed E-state index contributed by atoms with van der Waals surface area (Å²) < 4.78 is 0. The van der Waals surface area contributed by atoms with Gasteiger partial charge < -0.3 is 10.0 Å². The Morgan fingerprint density at radius 1 is 1.04 bits per heavy atom. The zero-order valence-electron chi connectivity index (χ0n) is 13.9. The summed E-state index contributed by atoms with van der Waals surface area (Å²) in [5, 5.41) is 11.4. The van der Waals surface area contributed by atoms with Crippen LogP contribution in [0.3, 0.4) is 0 Å². The molecule has 0 saturated heterocycles. The molecule has 1 N–H and O–H groups in total. The van der Waals surface area contributed by atoms with Gasteiger partial charge in [-0.05, 0) is 17.0 Å². The third-order valence-electron chi connectivity index (χ3n) is 4.00. The van der Waals surface area contributed by atoms with Crippen LogP contribution in [0, 0.1) is 0 Å². The minimum Gasteiger partial charge on any atom is -0.395 e. The molecule has 0 radical (unpaired) electrons. The van der Waals surface area contributed by atoms with Crippen molar-refractivity contribution in [3.05, 3.63) is 84.2 Å². The number of aliphatic hydroxyl groups is 1. The van der Waals surface area contributed by atoms with Gasteiger partial charge >= 0.3 is 0 Å². The number of hydrogen-bond acceptors (Lipinski definition) is 3. The lowest BCUT2D eigenvalue weighted by atomic mass is 10.1. The molecule has 4 nitrogen and oxygen atoms in total. The molecular formula is C21H20N2O2. The zero-order valence-corrected chi connectivity index (χ0v) is 13.9. The molecule has 0 saturated carbocycles. The molecule has 126 valence electrons. The monoisotopic (exact) mass is 332 g/mol. The Bertz CT molecular complexity index is 870. The summed E-state index contributed by atoms with van der Waals surface area (Å²) in [6.07, 6.45) is 6.89. The number of amides is 1. The van der Waals surface area contributed by atoms with Crippen molar-refractivity contribution in [2.24, 2.45) is 0 Å². The van der Waals surface area contributed by atoms with Gasteiger partial charge in [-0.1, -0.05) is 54.6 Å². The fourth-order valence-electron chi connectivity index (χ4n) is 2.73. The van der Waals surface area contributed by atoms with Gasteiger partial charge in [0.25, 0.3) is 0 Å². The highest BCUT2D eigenvalue weighted by atomic mass is 16.3. The molecule has 0 aliphatic carbocycles. The summed E-state index contributed by atoms with van der Waals surface area (Å²) in [6.45, 7) is 0.701. The quantitative estimate of drug-likeness (QED) is 0.705. The number of rotatable bonds is 6. The van der Waals surface area contributed by atoms with E-state index in [0.717, 1.165) is 21.9 Å². The van der Waals surface area contributed by atoms with Crippen molar-refractivity contribution in [3.8, 4) is 0 Å². The van der Waals surface area contributed by atoms with Crippen molar-refractivity contribution in [2.75, 3.05) is 13.2 Å². The van der Waals surface area contributed by atoms with Crippen LogP contribution in [-0.4, -0.2) is 34.0 Å². The minimum atomic E-state index is -0.133. The van der Waals surface area contributed by atoms with E-state index in [2.05, 4.69) is 4.98 Å². The number of benzene rings is 2. The average Bonchev–Trinajstić information content (AvgIpc) is 2.66. The molecule has 0 spiro atoms. The van der Waals surface area contributed by atoms with E-state index in [9.17, 15) is 9.90 Å².